The molecule has 0 atom stereocenters. The van der Waals surface area contributed by atoms with Gasteiger partial charge in [-0.05, 0) is 18.6 Å². The van der Waals surface area contributed by atoms with Gasteiger partial charge in [-0.3, -0.25) is 0 Å². The number of aromatic nitrogens is 2. The van der Waals surface area contributed by atoms with Gasteiger partial charge in [0, 0.05) is 12.7 Å². The van der Waals surface area contributed by atoms with Crippen molar-refractivity contribution in [1.29, 1.82) is 0 Å². The SMILES string of the molecule is CCCn1cncc1CNc1ccc(F)c(F)c1F. The summed E-state index contributed by atoms with van der Waals surface area (Å²) in [6, 6.07) is 2.07. The summed E-state index contributed by atoms with van der Waals surface area (Å²) in [6.45, 7) is 3.13. The first-order valence-electron chi connectivity index (χ1n) is 5.99. The normalized spacial score (nSPS) is 10.7. The van der Waals surface area contributed by atoms with Gasteiger partial charge in [-0.2, -0.15) is 0 Å². The van der Waals surface area contributed by atoms with Crippen molar-refractivity contribution in [2.75, 3.05) is 5.32 Å². The Hall–Kier alpha value is -1.98. The first-order valence-corrected chi connectivity index (χ1v) is 5.99. The zero-order valence-corrected chi connectivity index (χ0v) is 10.5. The monoisotopic (exact) mass is 269 g/mol. The number of anilines is 1. The van der Waals surface area contributed by atoms with E-state index in [0.29, 0.717) is 6.54 Å². The Morgan fingerprint density at radius 2 is 2.00 bits per heavy atom. The topological polar surface area (TPSA) is 29.9 Å². The van der Waals surface area contributed by atoms with Gasteiger partial charge in [-0.15, -0.1) is 0 Å². The minimum absolute atomic E-state index is 0.0665. The Balaban J connectivity index is 2.10. The molecule has 19 heavy (non-hydrogen) atoms. The molecule has 0 aliphatic rings. The molecule has 102 valence electrons. The molecule has 1 heterocycles. The van der Waals surface area contributed by atoms with E-state index in [1.807, 2.05) is 11.5 Å². The maximum Gasteiger partial charge on any atom is 0.196 e. The van der Waals surface area contributed by atoms with Crippen LogP contribution < -0.4 is 5.32 Å². The third kappa shape index (κ3) is 2.89. The second-order valence-electron chi connectivity index (χ2n) is 4.15. The summed E-state index contributed by atoms with van der Waals surface area (Å²) in [5, 5.41) is 2.74. The van der Waals surface area contributed by atoms with Gasteiger partial charge in [0.15, 0.2) is 17.5 Å². The van der Waals surface area contributed by atoms with Gasteiger partial charge in [0.1, 0.15) is 0 Å². The molecule has 2 aromatic rings. The highest BCUT2D eigenvalue weighted by Crippen LogP contribution is 2.20. The zero-order chi connectivity index (χ0) is 13.8. The van der Waals surface area contributed by atoms with Crippen molar-refractivity contribution in [2.24, 2.45) is 0 Å². The molecule has 0 fully saturated rings. The third-order valence-corrected chi connectivity index (χ3v) is 2.76. The molecule has 0 spiro atoms. The van der Waals surface area contributed by atoms with Crippen LogP contribution in [0, 0.1) is 17.5 Å². The van der Waals surface area contributed by atoms with E-state index >= 15 is 0 Å². The average molecular weight is 269 g/mol. The molecule has 0 bridgehead atoms. The molecule has 6 heteroatoms. The van der Waals surface area contributed by atoms with Gasteiger partial charge in [-0.1, -0.05) is 6.92 Å². The highest BCUT2D eigenvalue weighted by molar-refractivity contribution is 5.45. The van der Waals surface area contributed by atoms with Gasteiger partial charge in [0.25, 0.3) is 0 Å². The lowest BCUT2D eigenvalue weighted by Gasteiger charge is -2.10. The minimum Gasteiger partial charge on any atom is -0.377 e. The summed E-state index contributed by atoms with van der Waals surface area (Å²) < 4.78 is 41.2. The predicted octanol–water partition coefficient (Wildman–Crippen LogP) is 3.32. The van der Waals surface area contributed by atoms with E-state index in [-0.39, 0.29) is 5.69 Å². The van der Waals surface area contributed by atoms with Crippen LogP contribution in [0.1, 0.15) is 19.0 Å². The second kappa shape index (κ2) is 5.77. The third-order valence-electron chi connectivity index (χ3n) is 2.76. The Bertz CT molecular complexity index is 566. The Morgan fingerprint density at radius 1 is 1.21 bits per heavy atom. The molecule has 1 N–H and O–H groups in total. The molecule has 3 nitrogen and oxygen atoms in total. The van der Waals surface area contributed by atoms with Gasteiger partial charge in [0.05, 0.1) is 24.3 Å². The van der Waals surface area contributed by atoms with E-state index in [0.717, 1.165) is 24.7 Å². The van der Waals surface area contributed by atoms with Crippen LogP contribution in [0.15, 0.2) is 24.7 Å². The predicted molar refractivity (Wildman–Crippen MR) is 66.2 cm³/mol. The molecular weight excluding hydrogens is 255 g/mol. The zero-order valence-electron chi connectivity index (χ0n) is 10.5. The van der Waals surface area contributed by atoms with Crippen molar-refractivity contribution in [3.05, 3.63) is 47.8 Å². The van der Waals surface area contributed by atoms with Crippen molar-refractivity contribution in [2.45, 2.75) is 26.4 Å². The number of halogens is 3. The van der Waals surface area contributed by atoms with E-state index in [2.05, 4.69) is 10.3 Å². The van der Waals surface area contributed by atoms with Crippen LogP contribution in [0.5, 0.6) is 0 Å². The number of aryl methyl sites for hydroxylation is 1. The number of nitrogens with one attached hydrogen (secondary N) is 1. The highest BCUT2D eigenvalue weighted by Gasteiger charge is 2.13. The summed E-state index contributed by atoms with van der Waals surface area (Å²) in [4.78, 5) is 4.00. The molecule has 0 unspecified atom stereocenters. The molecule has 1 aromatic carbocycles. The molecule has 0 aliphatic carbocycles. The van der Waals surface area contributed by atoms with Crippen molar-refractivity contribution in [1.82, 2.24) is 9.55 Å². The Kier molecular flexibility index (Phi) is 4.09. The molecule has 0 saturated carbocycles. The second-order valence-corrected chi connectivity index (χ2v) is 4.15. The van der Waals surface area contributed by atoms with Crippen molar-refractivity contribution < 1.29 is 13.2 Å². The van der Waals surface area contributed by atoms with Gasteiger partial charge < -0.3 is 9.88 Å². The minimum atomic E-state index is -1.47. The van der Waals surface area contributed by atoms with Crippen LogP contribution in [0.4, 0.5) is 18.9 Å². The Labute approximate surface area is 109 Å². The van der Waals surface area contributed by atoms with Crippen LogP contribution >= 0.6 is 0 Å². The summed E-state index contributed by atoms with van der Waals surface area (Å²) in [6.07, 6.45) is 4.28. The summed E-state index contributed by atoms with van der Waals surface area (Å²) in [7, 11) is 0. The number of hydrogen-bond donors (Lipinski definition) is 1. The van der Waals surface area contributed by atoms with E-state index in [9.17, 15) is 13.2 Å². The van der Waals surface area contributed by atoms with Gasteiger partial charge >= 0.3 is 0 Å². The lowest BCUT2D eigenvalue weighted by molar-refractivity contribution is 0.449. The fraction of sp³-hybridized carbons (Fsp3) is 0.308. The number of benzene rings is 1. The van der Waals surface area contributed by atoms with E-state index in [1.165, 1.54) is 6.07 Å². The quantitative estimate of drug-likeness (QED) is 0.844. The number of rotatable bonds is 5. The largest absolute Gasteiger partial charge is 0.377 e. The van der Waals surface area contributed by atoms with E-state index < -0.39 is 17.5 Å². The van der Waals surface area contributed by atoms with Crippen LogP contribution in [0.3, 0.4) is 0 Å². The molecule has 0 amide bonds. The molecule has 0 aliphatic heterocycles. The summed E-state index contributed by atoms with van der Waals surface area (Å²) in [5.41, 5.74) is 0.786. The van der Waals surface area contributed by atoms with Crippen molar-refractivity contribution in [3.8, 4) is 0 Å². The maximum atomic E-state index is 13.4. The molecular formula is C13H14F3N3. The van der Waals surface area contributed by atoms with Gasteiger partial charge in [-0.25, -0.2) is 18.2 Å². The van der Waals surface area contributed by atoms with Crippen LogP contribution in [0.25, 0.3) is 0 Å². The highest BCUT2D eigenvalue weighted by atomic mass is 19.2. The first-order chi connectivity index (χ1) is 9.13. The van der Waals surface area contributed by atoms with E-state index in [4.69, 9.17) is 0 Å². The Morgan fingerprint density at radius 3 is 2.74 bits per heavy atom. The first kappa shape index (κ1) is 13.5. The fourth-order valence-corrected chi connectivity index (χ4v) is 1.79. The fourth-order valence-electron chi connectivity index (χ4n) is 1.79. The van der Waals surface area contributed by atoms with Crippen LogP contribution in [-0.4, -0.2) is 9.55 Å². The number of imidazole rings is 1. The molecule has 2 rings (SSSR count). The van der Waals surface area contributed by atoms with E-state index in [1.54, 1.807) is 12.5 Å². The van der Waals surface area contributed by atoms with Crippen LogP contribution in [0.2, 0.25) is 0 Å². The van der Waals surface area contributed by atoms with Crippen molar-refractivity contribution >= 4 is 5.69 Å². The number of nitrogens with zero attached hydrogens (tertiary/aromatic N) is 2. The molecule has 0 radical (unpaired) electrons. The van der Waals surface area contributed by atoms with Crippen molar-refractivity contribution in [3.63, 3.8) is 0 Å². The standard InChI is InChI=1S/C13H14F3N3/c1-2-5-19-8-17-6-9(19)7-18-11-4-3-10(14)12(15)13(11)16/h3-4,6,8,18H,2,5,7H2,1H3. The maximum absolute atomic E-state index is 13.4. The lowest BCUT2D eigenvalue weighted by atomic mass is 10.2. The van der Waals surface area contributed by atoms with Gasteiger partial charge in [0.2, 0.25) is 0 Å². The summed E-state index contributed by atoms with van der Waals surface area (Å²) in [5.74, 6) is -3.87. The summed E-state index contributed by atoms with van der Waals surface area (Å²) >= 11 is 0. The lowest BCUT2D eigenvalue weighted by Crippen LogP contribution is -2.08. The van der Waals surface area contributed by atoms with Crippen LogP contribution in [-0.2, 0) is 13.1 Å². The average Bonchev–Trinajstić information content (AvgIpc) is 2.83. The smallest absolute Gasteiger partial charge is 0.196 e. The molecule has 0 saturated heterocycles. The molecule has 1 aromatic heterocycles. The number of hydrogen-bond acceptors (Lipinski definition) is 2.